The molecule has 86 valence electrons. The van der Waals surface area contributed by atoms with Crippen LogP contribution in [0.2, 0.25) is 0 Å². The zero-order chi connectivity index (χ0) is 10.9. The van der Waals surface area contributed by atoms with Gasteiger partial charge in [-0.1, -0.05) is 20.3 Å². The van der Waals surface area contributed by atoms with Gasteiger partial charge in [-0.25, -0.2) is 0 Å². The Kier molecular flexibility index (Phi) is 3.03. The Labute approximate surface area is 92.8 Å². The summed E-state index contributed by atoms with van der Waals surface area (Å²) in [5.74, 6) is 1.22. The number of rotatable bonds is 3. The second-order valence-corrected chi connectivity index (χ2v) is 5.66. The number of nitrogens with one attached hydrogen (secondary N) is 1. The van der Waals surface area contributed by atoms with Gasteiger partial charge in [0.15, 0.2) is 0 Å². The van der Waals surface area contributed by atoms with Crippen LogP contribution in [0.15, 0.2) is 0 Å². The average molecular weight is 209 g/mol. The van der Waals surface area contributed by atoms with Crippen molar-refractivity contribution in [3.05, 3.63) is 0 Å². The molecule has 0 radical (unpaired) electrons. The van der Waals surface area contributed by atoms with Crippen molar-refractivity contribution in [3.8, 4) is 0 Å². The third-order valence-corrected chi connectivity index (χ3v) is 4.31. The van der Waals surface area contributed by atoms with Crippen molar-refractivity contribution in [2.45, 2.75) is 64.8 Å². The fraction of sp³-hybridized carbons (Fsp3) is 0.923. The Balaban J connectivity index is 1.74. The fourth-order valence-corrected chi connectivity index (χ4v) is 2.49. The molecule has 0 aromatic carbocycles. The predicted octanol–water partition coefficient (Wildman–Crippen LogP) is 2.87. The first-order chi connectivity index (χ1) is 7.14. The van der Waals surface area contributed by atoms with Crippen LogP contribution in [0.25, 0.3) is 0 Å². The van der Waals surface area contributed by atoms with E-state index in [1.165, 1.54) is 32.1 Å². The molecule has 2 saturated carbocycles. The normalized spacial score (nSPS) is 33.5. The first-order valence-corrected chi connectivity index (χ1v) is 6.45. The molecule has 0 bridgehead atoms. The molecule has 2 heteroatoms. The molecule has 0 spiro atoms. The topological polar surface area (TPSA) is 29.1 Å². The summed E-state index contributed by atoms with van der Waals surface area (Å²) < 4.78 is 0. The van der Waals surface area contributed by atoms with E-state index in [1.54, 1.807) is 0 Å². The van der Waals surface area contributed by atoms with Crippen LogP contribution < -0.4 is 5.32 Å². The summed E-state index contributed by atoms with van der Waals surface area (Å²) in [5.41, 5.74) is 0.00159. The number of hydrogen-bond acceptors (Lipinski definition) is 1. The summed E-state index contributed by atoms with van der Waals surface area (Å²) in [4.78, 5) is 11.8. The van der Waals surface area contributed by atoms with E-state index in [9.17, 15) is 4.79 Å². The van der Waals surface area contributed by atoms with Crippen molar-refractivity contribution in [1.29, 1.82) is 0 Å². The Morgan fingerprint density at radius 1 is 1.27 bits per heavy atom. The molecular weight excluding hydrogens is 186 g/mol. The highest BCUT2D eigenvalue weighted by atomic mass is 16.2. The number of carbonyl (C=O) groups is 1. The van der Waals surface area contributed by atoms with Gasteiger partial charge >= 0.3 is 0 Å². The molecule has 0 heterocycles. The average Bonchev–Trinajstić information content (AvgIpc) is 2.99. The zero-order valence-electron chi connectivity index (χ0n) is 10.0. The van der Waals surface area contributed by atoms with Crippen molar-refractivity contribution in [3.63, 3.8) is 0 Å². The molecule has 0 aromatic heterocycles. The van der Waals surface area contributed by atoms with Gasteiger partial charge in [-0.2, -0.15) is 0 Å². The molecule has 0 aliphatic heterocycles. The highest BCUT2D eigenvalue weighted by molar-refractivity contribution is 5.85. The van der Waals surface area contributed by atoms with Gasteiger partial charge in [-0.15, -0.1) is 0 Å². The molecule has 0 aromatic rings. The molecule has 2 aliphatic rings. The number of amides is 1. The van der Waals surface area contributed by atoms with Crippen LogP contribution in [0.3, 0.4) is 0 Å². The minimum atomic E-state index is 0.00159. The Morgan fingerprint density at radius 3 is 2.33 bits per heavy atom. The second kappa shape index (κ2) is 4.15. The van der Waals surface area contributed by atoms with E-state index >= 15 is 0 Å². The molecule has 2 nitrogen and oxygen atoms in total. The smallest absolute Gasteiger partial charge is 0.226 e. The maximum absolute atomic E-state index is 11.8. The summed E-state index contributed by atoms with van der Waals surface area (Å²) in [6.45, 7) is 4.36. The molecule has 2 rings (SSSR count). The van der Waals surface area contributed by atoms with E-state index in [0.29, 0.717) is 11.9 Å². The maximum Gasteiger partial charge on any atom is 0.226 e. The highest BCUT2D eigenvalue weighted by Gasteiger charge is 2.45. The third-order valence-electron chi connectivity index (χ3n) is 4.31. The van der Waals surface area contributed by atoms with Crippen molar-refractivity contribution in [2.75, 3.05) is 0 Å². The summed E-state index contributed by atoms with van der Waals surface area (Å²) in [6, 6.07) is 0.470. The van der Waals surface area contributed by atoms with Crippen LogP contribution in [0.1, 0.15) is 58.8 Å². The van der Waals surface area contributed by atoms with E-state index in [2.05, 4.69) is 19.2 Å². The molecular formula is C13H23NO. The molecule has 1 amide bonds. The summed E-state index contributed by atoms with van der Waals surface area (Å²) >= 11 is 0. The molecule has 0 unspecified atom stereocenters. The van der Waals surface area contributed by atoms with Crippen LogP contribution in [-0.4, -0.2) is 11.9 Å². The Morgan fingerprint density at radius 2 is 1.87 bits per heavy atom. The van der Waals surface area contributed by atoms with Gasteiger partial charge in [0.2, 0.25) is 5.91 Å². The van der Waals surface area contributed by atoms with Gasteiger partial charge in [-0.3, -0.25) is 4.79 Å². The molecule has 0 saturated heterocycles. The molecule has 1 N–H and O–H groups in total. The largest absolute Gasteiger partial charge is 0.353 e. The van der Waals surface area contributed by atoms with Crippen molar-refractivity contribution >= 4 is 5.91 Å². The van der Waals surface area contributed by atoms with Gasteiger partial charge < -0.3 is 5.32 Å². The van der Waals surface area contributed by atoms with Crippen LogP contribution >= 0.6 is 0 Å². The van der Waals surface area contributed by atoms with E-state index < -0.39 is 0 Å². The Bertz CT molecular complexity index is 237. The zero-order valence-corrected chi connectivity index (χ0v) is 10.0. The van der Waals surface area contributed by atoms with E-state index in [-0.39, 0.29) is 5.41 Å². The van der Waals surface area contributed by atoms with Gasteiger partial charge in [-0.05, 0) is 44.4 Å². The van der Waals surface area contributed by atoms with E-state index in [0.717, 1.165) is 18.8 Å². The summed E-state index contributed by atoms with van der Waals surface area (Å²) in [7, 11) is 0. The molecule has 2 aliphatic carbocycles. The second-order valence-electron chi connectivity index (χ2n) is 5.66. The van der Waals surface area contributed by atoms with Gasteiger partial charge in [0.05, 0.1) is 0 Å². The minimum absolute atomic E-state index is 0.00159. The van der Waals surface area contributed by atoms with Crippen molar-refractivity contribution in [2.24, 2.45) is 11.3 Å². The summed E-state index contributed by atoms with van der Waals surface area (Å²) in [5, 5.41) is 3.23. The monoisotopic (exact) mass is 209 g/mol. The summed E-state index contributed by atoms with van der Waals surface area (Å²) in [6.07, 6.45) is 8.47. The first kappa shape index (κ1) is 11.0. The predicted molar refractivity (Wildman–Crippen MR) is 61.5 cm³/mol. The van der Waals surface area contributed by atoms with Crippen LogP contribution in [-0.2, 0) is 4.79 Å². The van der Waals surface area contributed by atoms with Gasteiger partial charge in [0.1, 0.15) is 0 Å². The minimum Gasteiger partial charge on any atom is -0.353 e. The van der Waals surface area contributed by atoms with Crippen molar-refractivity contribution < 1.29 is 4.79 Å². The van der Waals surface area contributed by atoms with Gasteiger partial charge in [0, 0.05) is 11.5 Å². The lowest BCUT2D eigenvalue weighted by Crippen LogP contribution is -2.40. The maximum atomic E-state index is 11.8. The van der Waals surface area contributed by atoms with Gasteiger partial charge in [0.25, 0.3) is 0 Å². The third kappa shape index (κ3) is 2.53. The molecule has 2 fully saturated rings. The molecule has 0 atom stereocenters. The number of hydrogen-bond donors (Lipinski definition) is 1. The first-order valence-electron chi connectivity index (χ1n) is 6.45. The Hall–Kier alpha value is -0.530. The lowest BCUT2D eigenvalue weighted by molar-refractivity contribution is -0.126. The quantitative estimate of drug-likeness (QED) is 0.761. The van der Waals surface area contributed by atoms with Crippen LogP contribution in [0.4, 0.5) is 0 Å². The fourth-order valence-electron chi connectivity index (χ4n) is 2.49. The lowest BCUT2D eigenvalue weighted by atomic mass is 9.84. The lowest BCUT2D eigenvalue weighted by Gasteiger charge is -2.29. The standard InChI is InChI=1S/C13H23NO/c1-3-10-4-6-11(7-5-10)14-12(15)13(2)8-9-13/h10-11H,3-9H2,1-2H3,(H,14,15). The van der Waals surface area contributed by atoms with E-state index in [4.69, 9.17) is 0 Å². The molecule has 15 heavy (non-hydrogen) atoms. The highest BCUT2D eigenvalue weighted by Crippen LogP contribution is 2.45. The van der Waals surface area contributed by atoms with Crippen molar-refractivity contribution in [1.82, 2.24) is 5.32 Å². The van der Waals surface area contributed by atoms with Crippen LogP contribution in [0, 0.1) is 11.3 Å². The number of carbonyl (C=O) groups excluding carboxylic acids is 1. The SMILES string of the molecule is CCC1CCC(NC(=O)C2(C)CC2)CC1. The van der Waals surface area contributed by atoms with Crippen LogP contribution in [0.5, 0.6) is 0 Å². The van der Waals surface area contributed by atoms with E-state index in [1.807, 2.05) is 0 Å².